The highest BCUT2D eigenvalue weighted by molar-refractivity contribution is 5.84. The lowest BCUT2D eigenvalue weighted by atomic mass is 9.90. The second kappa shape index (κ2) is 7.14. The van der Waals surface area contributed by atoms with Gasteiger partial charge in [0.1, 0.15) is 0 Å². The van der Waals surface area contributed by atoms with Gasteiger partial charge in [-0.3, -0.25) is 0 Å². The Morgan fingerprint density at radius 3 is 2.62 bits per heavy atom. The highest BCUT2D eigenvalue weighted by Crippen LogP contribution is 2.31. The van der Waals surface area contributed by atoms with Crippen molar-refractivity contribution < 1.29 is 4.52 Å². The van der Waals surface area contributed by atoms with Gasteiger partial charge in [0.2, 0.25) is 5.89 Å². The van der Waals surface area contributed by atoms with Crippen molar-refractivity contribution in [2.75, 3.05) is 6.54 Å². The molecule has 2 N–H and O–H groups in total. The molecule has 0 radical (unpaired) electrons. The van der Waals surface area contributed by atoms with Crippen LogP contribution in [0.25, 0.3) is 10.9 Å². The Balaban J connectivity index is 1.63. The molecule has 2 aromatic heterocycles. The predicted octanol–water partition coefficient (Wildman–Crippen LogP) is 4.34. The van der Waals surface area contributed by atoms with Gasteiger partial charge in [0.05, 0.1) is 6.04 Å². The molecule has 5 heteroatoms. The lowest BCUT2D eigenvalue weighted by molar-refractivity contribution is 0.336. The highest BCUT2D eigenvalue weighted by atomic mass is 16.5. The molecular formula is C21H22N4O. The van der Waals surface area contributed by atoms with Gasteiger partial charge in [-0.1, -0.05) is 53.7 Å². The fraction of sp³-hybridized carbons (Fsp3) is 0.238. The molecule has 0 saturated carbocycles. The molecule has 132 valence electrons. The lowest BCUT2D eigenvalue weighted by Gasteiger charge is -2.20. The molecule has 2 heterocycles. The summed E-state index contributed by atoms with van der Waals surface area (Å²) in [6.45, 7) is 4.65. The molecule has 0 aliphatic heterocycles. The SMILES string of the molecule is Cc1noc([C@H](C)NC[C@H](c2ccccc2)c2c[nH]c3ccccc23)n1. The number of hydrogen-bond acceptors (Lipinski definition) is 4. The number of nitrogens with one attached hydrogen (secondary N) is 2. The Labute approximate surface area is 152 Å². The van der Waals surface area contributed by atoms with Crippen molar-refractivity contribution in [3.8, 4) is 0 Å². The zero-order valence-electron chi connectivity index (χ0n) is 14.9. The summed E-state index contributed by atoms with van der Waals surface area (Å²) in [5.41, 5.74) is 3.72. The van der Waals surface area contributed by atoms with E-state index in [4.69, 9.17) is 4.52 Å². The Kier molecular flexibility index (Phi) is 4.54. The third-order valence-corrected chi connectivity index (χ3v) is 4.74. The van der Waals surface area contributed by atoms with E-state index in [1.165, 1.54) is 16.5 Å². The Morgan fingerprint density at radius 2 is 1.85 bits per heavy atom. The number of para-hydroxylation sites is 1. The average molecular weight is 346 g/mol. The molecule has 0 fully saturated rings. The van der Waals surface area contributed by atoms with Crippen molar-refractivity contribution in [3.05, 3.63) is 83.6 Å². The van der Waals surface area contributed by atoms with Crippen molar-refractivity contribution in [1.29, 1.82) is 0 Å². The third kappa shape index (κ3) is 3.26. The van der Waals surface area contributed by atoms with Crippen molar-refractivity contribution in [2.45, 2.75) is 25.8 Å². The smallest absolute Gasteiger partial charge is 0.243 e. The van der Waals surface area contributed by atoms with E-state index in [-0.39, 0.29) is 12.0 Å². The molecule has 5 nitrogen and oxygen atoms in total. The van der Waals surface area contributed by atoms with Crippen molar-refractivity contribution in [2.24, 2.45) is 0 Å². The van der Waals surface area contributed by atoms with E-state index >= 15 is 0 Å². The topological polar surface area (TPSA) is 66.7 Å². The summed E-state index contributed by atoms with van der Waals surface area (Å²) in [5.74, 6) is 1.50. The first-order valence-corrected chi connectivity index (χ1v) is 8.87. The van der Waals surface area contributed by atoms with Gasteiger partial charge in [-0.05, 0) is 31.0 Å². The monoisotopic (exact) mass is 346 g/mol. The first-order valence-electron chi connectivity index (χ1n) is 8.87. The molecule has 0 aliphatic rings. The number of aromatic amines is 1. The van der Waals surface area contributed by atoms with Crippen LogP contribution in [0.4, 0.5) is 0 Å². The van der Waals surface area contributed by atoms with Crippen LogP contribution >= 0.6 is 0 Å². The normalized spacial score (nSPS) is 13.8. The molecule has 2 aromatic carbocycles. The second-order valence-electron chi connectivity index (χ2n) is 6.56. The molecule has 2 atom stereocenters. The quantitative estimate of drug-likeness (QED) is 0.545. The zero-order chi connectivity index (χ0) is 17.9. The maximum atomic E-state index is 5.30. The fourth-order valence-corrected chi connectivity index (χ4v) is 3.35. The summed E-state index contributed by atoms with van der Waals surface area (Å²) in [6.07, 6.45) is 2.12. The minimum atomic E-state index is -0.00683. The van der Waals surface area contributed by atoms with Gasteiger partial charge >= 0.3 is 0 Å². The van der Waals surface area contributed by atoms with E-state index in [0.29, 0.717) is 11.7 Å². The van der Waals surface area contributed by atoms with Crippen molar-refractivity contribution >= 4 is 10.9 Å². The average Bonchev–Trinajstić information content (AvgIpc) is 3.29. The minimum absolute atomic E-state index is 0.00683. The molecule has 0 amide bonds. The maximum absolute atomic E-state index is 5.30. The number of aromatic nitrogens is 3. The van der Waals surface area contributed by atoms with Gasteiger partial charge in [0, 0.05) is 29.6 Å². The highest BCUT2D eigenvalue weighted by Gasteiger charge is 2.20. The minimum Gasteiger partial charge on any atom is -0.361 e. The van der Waals surface area contributed by atoms with Crippen LogP contribution in [-0.2, 0) is 0 Å². The molecule has 4 rings (SSSR count). The number of H-pyrrole nitrogens is 1. The summed E-state index contributed by atoms with van der Waals surface area (Å²) >= 11 is 0. The van der Waals surface area contributed by atoms with E-state index in [1.54, 1.807) is 0 Å². The van der Waals surface area contributed by atoms with Crippen LogP contribution in [-0.4, -0.2) is 21.7 Å². The van der Waals surface area contributed by atoms with E-state index in [0.717, 1.165) is 12.1 Å². The summed E-state index contributed by atoms with van der Waals surface area (Å²) in [5, 5.41) is 8.69. The molecule has 4 aromatic rings. The Morgan fingerprint density at radius 1 is 1.08 bits per heavy atom. The summed E-state index contributed by atoms with van der Waals surface area (Å²) < 4.78 is 5.30. The van der Waals surface area contributed by atoms with Crippen LogP contribution in [0.3, 0.4) is 0 Å². The molecule has 0 bridgehead atoms. The van der Waals surface area contributed by atoms with Crippen LogP contribution in [0.15, 0.2) is 65.3 Å². The molecule has 0 spiro atoms. The van der Waals surface area contributed by atoms with Gasteiger partial charge in [-0.2, -0.15) is 4.98 Å². The van der Waals surface area contributed by atoms with Gasteiger partial charge in [-0.15, -0.1) is 0 Å². The molecule has 0 saturated heterocycles. The predicted molar refractivity (Wildman–Crippen MR) is 102 cm³/mol. The lowest BCUT2D eigenvalue weighted by Crippen LogP contribution is -2.25. The van der Waals surface area contributed by atoms with E-state index < -0.39 is 0 Å². The maximum Gasteiger partial charge on any atom is 0.243 e. The number of aryl methyl sites for hydroxylation is 1. The molecule has 0 unspecified atom stereocenters. The van der Waals surface area contributed by atoms with Crippen LogP contribution in [0, 0.1) is 6.92 Å². The zero-order valence-corrected chi connectivity index (χ0v) is 14.9. The van der Waals surface area contributed by atoms with Crippen molar-refractivity contribution in [3.63, 3.8) is 0 Å². The van der Waals surface area contributed by atoms with Crippen LogP contribution in [0.2, 0.25) is 0 Å². The van der Waals surface area contributed by atoms with Gasteiger partial charge < -0.3 is 14.8 Å². The van der Waals surface area contributed by atoms with Crippen LogP contribution in [0.1, 0.15) is 41.7 Å². The summed E-state index contributed by atoms with van der Waals surface area (Å²) in [7, 11) is 0. The summed E-state index contributed by atoms with van der Waals surface area (Å²) in [4.78, 5) is 7.72. The second-order valence-corrected chi connectivity index (χ2v) is 6.56. The number of fused-ring (bicyclic) bond motifs is 1. The summed E-state index contributed by atoms with van der Waals surface area (Å²) in [6, 6.07) is 19.0. The van der Waals surface area contributed by atoms with Crippen LogP contribution in [0.5, 0.6) is 0 Å². The number of hydrogen-bond donors (Lipinski definition) is 2. The Hall–Kier alpha value is -2.92. The number of benzene rings is 2. The fourth-order valence-electron chi connectivity index (χ4n) is 3.35. The van der Waals surface area contributed by atoms with E-state index in [1.807, 2.05) is 19.9 Å². The van der Waals surface area contributed by atoms with Gasteiger partial charge in [0.25, 0.3) is 0 Å². The third-order valence-electron chi connectivity index (χ3n) is 4.74. The standard InChI is InChI=1S/C21H22N4O/c1-14(21-24-15(2)25-26-21)22-12-18(16-8-4-3-5-9-16)19-13-23-20-11-7-6-10-17(19)20/h3-11,13-14,18,22-23H,12H2,1-2H3/t14-,18+/m0/s1. The van der Waals surface area contributed by atoms with Gasteiger partial charge in [0.15, 0.2) is 5.82 Å². The molecular weight excluding hydrogens is 324 g/mol. The Bertz CT molecular complexity index is 989. The number of nitrogens with zero attached hydrogens (tertiary/aromatic N) is 2. The first kappa shape index (κ1) is 16.5. The number of rotatable bonds is 6. The first-order chi connectivity index (χ1) is 12.7. The van der Waals surface area contributed by atoms with Gasteiger partial charge in [-0.25, -0.2) is 0 Å². The van der Waals surface area contributed by atoms with Crippen molar-refractivity contribution in [1.82, 2.24) is 20.4 Å². The molecule has 0 aliphatic carbocycles. The van der Waals surface area contributed by atoms with E-state index in [2.05, 4.69) is 75.2 Å². The van der Waals surface area contributed by atoms with Crippen LogP contribution < -0.4 is 5.32 Å². The van der Waals surface area contributed by atoms with E-state index in [9.17, 15) is 0 Å². The molecule has 26 heavy (non-hydrogen) atoms. The largest absolute Gasteiger partial charge is 0.361 e.